The van der Waals surface area contributed by atoms with Gasteiger partial charge >= 0.3 is 0 Å². The molecule has 1 N–H and O–H groups in total. The Morgan fingerprint density at radius 3 is 2.95 bits per heavy atom. The van der Waals surface area contributed by atoms with Gasteiger partial charge in [0.05, 0.1) is 11.6 Å². The highest BCUT2D eigenvalue weighted by atomic mass is 16.1. The highest BCUT2D eigenvalue weighted by molar-refractivity contribution is 6.19. The van der Waals surface area contributed by atoms with E-state index in [9.17, 15) is 9.59 Å². The number of aromatic amines is 1. The Hall–Kier alpha value is -2.36. The molecule has 21 heavy (non-hydrogen) atoms. The minimum absolute atomic E-state index is 0.0387. The van der Waals surface area contributed by atoms with Gasteiger partial charge in [-0.05, 0) is 25.0 Å². The zero-order chi connectivity index (χ0) is 14.6. The maximum Gasteiger partial charge on any atom is 0.170 e. The Labute approximate surface area is 122 Å². The van der Waals surface area contributed by atoms with E-state index in [4.69, 9.17) is 0 Å². The van der Waals surface area contributed by atoms with Gasteiger partial charge in [0.1, 0.15) is 0 Å². The minimum Gasteiger partial charge on any atom is -0.367 e. The van der Waals surface area contributed by atoms with Crippen LogP contribution in [0.5, 0.6) is 0 Å². The van der Waals surface area contributed by atoms with Crippen molar-refractivity contribution in [1.29, 1.82) is 0 Å². The molecule has 0 spiro atoms. The Bertz CT molecular complexity index is 800. The van der Waals surface area contributed by atoms with E-state index in [2.05, 4.69) is 22.0 Å². The predicted molar refractivity (Wildman–Crippen MR) is 79.8 cm³/mol. The van der Waals surface area contributed by atoms with E-state index >= 15 is 0 Å². The summed E-state index contributed by atoms with van der Waals surface area (Å²) in [7, 11) is 0. The molecule has 0 unspecified atom stereocenters. The Morgan fingerprint density at radius 1 is 1.33 bits per heavy atom. The Kier molecular flexibility index (Phi) is 2.55. The quantitative estimate of drug-likeness (QED) is 0.817. The summed E-state index contributed by atoms with van der Waals surface area (Å²) in [6, 6.07) is 8.29. The molecule has 0 amide bonds. The van der Waals surface area contributed by atoms with Gasteiger partial charge in [-0.15, -0.1) is 0 Å². The molecule has 2 aliphatic heterocycles. The fourth-order valence-corrected chi connectivity index (χ4v) is 3.52. The van der Waals surface area contributed by atoms with Gasteiger partial charge in [-0.2, -0.15) is 0 Å². The SMILES string of the molecule is CC(=O)C1=CN2CCc3c([nH]c4ccccc34)[C@@H]2CC1=O. The molecular weight excluding hydrogens is 264 g/mol. The average Bonchev–Trinajstić information content (AvgIpc) is 2.85. The summed E-state index contributed by atoms with van der Waals surface area (Å²) >= 11 is 0. The molecule has 2 aromatic rings. The van der Waals surface area contributed by atoms with Crippen LogP contribution in [0.2, 0.25) is 0 Å². The molecule has 4 heteroatoms. The standard InChI is InChI=1S/C17H16N2O2/c1-10(20)13-9-19-7-6-12-11-4-2-3-5-14(11)18-17(12)15(19)8-16(13)21/h2-5,9,15,18H,6-8H2,1H3/t15-/m0/s1. The number of carbonyl (C=O) groups is 2. The molecule has 106 valence electrons. The van der Waals surface area contributed by atoms with Crippen molar-refractivity contribution in [2.24, 2.45) is 0 Å². The van der Waals surface area contributed by atoms with Crippen molar-refractivity contribution in [3.63, 3.8) is 0 Å². The number of benzene rings is 1. The van der Waals surface area contributed by atoms with E-state index in [1.807, 2.05) is 12.1 Å². The number of nitrogens with one attached hydrogen (secondary N) is 1. The van der Waals surface area contributed by atoms with Gasteiger partial charge in [0.15, 0.2) is 11.6 Å². The van der Waals surface area contributed by atoms with Crippen molar-refractivity contribution in [2.75, 3.05) is 6.54 Å². The topological polar surface area (TPSA) is 53.2 Å². The van der Waals surface area contributed by atoms with Crippen LogP contribution in [-0.2, 0) is 16.0 Å². The maximum atomic E-state index is 12.2. The lowest BCUT2D eigenvalue weighted by Crippen LogP contribution is -2.37. The summed E-state index contributed by atoms with van der Waals surface area (Å²) in [5, 5.41) is 1.25. The van der Waals surface area contributed by atoms with E-state index in [1.54, 1.807) is 6.20 Å². The minimum atomic E-state index is -0.138. The number of allylic oxidation sites excluding steroid dienone is 1. The van der Waals surface area contributed by atoms with Crippen LogP contribution in [0.15, 0.2) is 36.0 Å². The molecule has 4 rings (SSSR count). The number of fused-ring (bicyclic) bond motifs is 5. The third-order valence-electron chi connectivity index (χ3n) is 4.55. The van der Waals surface area contributed by atoms with Crippen LogP contribution in [0.4, 0.5) is 0 Å². The molecule has 4 nitrogen and oxygen atoms in total. The normalized spacial score (nSPS) is 21.0. The molecule has 1 atom stereocenters. The molecule has 0 radical (unpaired) electrons. The second-order valence-electron chi connectivity index (χ2n) is 5.79. The highest BCUT2D eigenvalue weighted by Crippen LogP contribution is 2.39. The fraction of sp³-hybridized carbons (Fsp3) is 0.294. The maximum absolute atomic E-state index is 12.2. The number of carbonyl (C=O) groups excluding carboxylic acids is 2. The Morgan fingerprint density at radius 2 is 2.14 bits per heavy atom. The second-order valence-corrected chi connectivity index (χ2v) is 5.79. The first kappa shape index (κ1) is 12.4. The van der Waals surface area contributed by atoms with E-state index in [-0.39, 0.29) is 17.6 Å². The van der Waals surface area contributed by atoms with Crippen molar-refractivity contribution in [2.45, 2.75) is 25.8 Å². The lowest BCUT2D eigenvalue weighted by atomic mass is 9.89. The number of H-pyrrole nitrogens is 1. The number of aromatic nitrogens is 1. The summed E-state index contributed by atoms with van der Waals surface area (Å²) in [5.41, 5.74) is 3.91. The predicted octanol–water partition coefficient (Wildman–Crippen LogP) is 2.51. The van der Waals surface area contributed by atoms with Crippen molar-refractivity contribution in [3.05, 3.63) is 47.3 Å². The van der Waals surface area contributed by atoms with E-state index in [1.165, 1.54) is 17.9 Å². The first-order chi connectivity index (χ1) is 10.1. The van der Waals surface area contributed by atoms with Crippen LogP contribution in [0.1, 0.15) is 30.6 Å². The molecule has 1 aromatic heterocycles. The van der Waals surface area contributed by atoms with Gasteiger partial charge in [0.2, 0.25) is 0 Å². The van der Waals surface area contributed by atoms with Gasteiger partial charge in [-0.1, -0.05) is 18.2 Å². The summed E-state index contributed by atoms with van der Waals surface area (Å²) in [5.74, 6) is -0.184. The van der Waals surface area contributed by atoms with E-state index < -0.39 is 0 Å². The zero-order valence-electron chi connectivity index (χ0n) is 11.8. The van der Waals surface area contributed by atoms with Crippen molar-refractivity contribution in [3.8, 4) is 0 Å². The van der Waals surface area contributed by atoms with Gasteiger partial charge in [-0.25, -0.2) is 0 Å². The van der Waals surface area contributed by atoms with Gasteiger partial charge in [-0.3, -0.25) is 9.59 Å². The number of hydrogen-bond donors (Lipinski definition) is 1. The Balaban J connectivity index is 1.84. The average molecular weight is 280 g/mol. The lowest BCUT2D eigenvalue weighted by molar-refractivity contribution is -0.122. The molecule has 0 saturated carbocycles. The number of nitrogens with zero attached hydrogens (tertiary/aromatic N) is 1. The van der Waals surface area contributed by atoms with Gasteiger partial charge in [0, 0.05) is 35.8 Å². The number of ketones is 2. The molecule has 2 aliphatic rings. The summed E-state index contributed by atoms with van der Waals surface area (Å²) < 4.78 is 0. The number of para-hydroxylation sites is 1. The van der Waals surface area contributed by atoms with Gasteiger partial charge < -0.3 is 9.88 Å². The van der Waals surface area contributed by atoms with Crippen molar-refractivity contribution >= 4 is 22.5 Å². The van der Waals surface area contributed by atoms with Crippen LogP contribution in [-0.4, -0.2) is 28.0 Å². The first-order valence-electron chi connectivity index (χ1n) is 7.26. The fourth-order valence-electron chi connectivity index (χ4n) is 3.52. The van der Waals surface area contributed by atoms with Gasteiger partial charge in [0.25, 0.3) is 0 Å². The molecule has 0 fully saturated rings. The van der Waals surface area contributed by atoms with Crippen molar-refractivity contribution < 1.29 is 9.59 Å². The van der Waals surface area contributed by atoms with Crippen LogP contribution < -0.4 is 0 Å². The molecule has 3 heterocycles. The number of Topliss-reactive ketones (excluding diaryl/α,β-unsaturated/α-hetero) is 2. The van der Waals surface area contributed by atoms with Crippen LogP contribution >= 0.6 is 0 Å². The second kappa shape index (κ2) is 4.32. The van der Waals surface area contributed by atoms with E-state index in [0.29, 0.717) is 12.0 Å². The van der Waals surface area contributed by atoms with Crippen LogP contribution in [0.3, 0.4) is 0 Å². The van der Waals surface area contributed by atoms with Crippen molar-refractivity contribution in [1.82, 2.24) is 9.88 Å². The molecule has 1 aromatic carbocycles. The third kappa shape index (κ3) is 1.75. The third-order valence-corrected chi connectivity index (χ3v) is 4.55. The summed E-state index contributed by atoms with van der Waals surface area (Å²) in [6.07, 6.45) is 3.07. The largest absolute Gasteiger partial charge is 0.367 e. The first-order valence-corrected chi connectivity index (χ1v) is 7.26. The number of hydrogen-bond acceptors (Lipinski definition) is 3. The summed E-state index contributed by atoms with van der Waals surface area (Å²) in [4.78, 5) is 29.3. The smallest absolute Gasteiger partial charge is 0.170 e. The van der Waals surface area contributed by atoms with Crippen LogP contribution in [0.25, 0.3) is 10.9 Å². The van der Waals surface area contributed by atoms with Crippen LogP contribution in [0, 0.1) is 0 Å². The monoisotopic (exact) mass is 280 g/mol. The zero-order valence-corrected chi connectivity index (χ0v) is 11.8. The molecule has 0 saturated heterocycles. The lowest BCUT2D eigenvalue weighted by Gasteiger charge is -2.37. The highest BCUT2D eigenvalue weighted by Gasteiger charge is 2.35. The molecule has 0 aliphatic carbocycles. The van der Waals surface area contributed by atoms with E-state index in [0.717, 1.165) is 24.2 Å². The summed E-state index contributed by atoms with van der Waals surface area (Å²) in [6.45, 7) is 2.31. The molecule has 0 bridgehead atoms. The number of rotatable bonds is 1. The molecular formula is C17H16N2O2.